The van der Waals surface area contributed by atoms with Crippen LogP contribution in [0.5, 0.6) is 11.5 Å². The first-order valence-electron chi connectivity index (χ1n) is 6.92. The number of carbonyl (C=O) groups is 2. The van der Waals surface area contributed by atoms with Crippen molar-refractivity contribution >= 4 is 29.2 Å². The second kappa shape index (κ2) is 7.70. The van der Waals surface area contributed by atoms with E-state index in [2.05, 4.69) is 10.1 Å². The van der Waals surface area contributed by atoms with Gasteiger partial charge in [0.25, 0.3) is 5.91 Å². The molecule has 0 aliphatic heterocycles. The van der Waals surface area contributed by atoms with Crippen molar-refractivity contribution in [2.75, 3.05) is 26.6 Å². The van der Waals surface area contributed by atoms with Crippen LogP contribution < -0.4 is 14.8 Å². The van der Waals surface area contributed by atoms with E-state index in [0.717, 1.165) is 0 Å². The van der Waals surface area contributed by atoms with Crippen molar-refractivity contribution in [2.24, 2.45) is 0 Å². The van der Waals surface area contributed by atoms with Crippen LogP contribution in [0.1, 0.15) is 20.7 Å². The highest BCUT2D eigenvalue weighted by atomic mass is 35.5. The second-order valence-corrected chi connectivity index (χ2v) is 5.09. The number of benzene rings is 2. The number of carbonyl (C=O) groups excluding carboxylic acids is 2. The van der Waals surface area contributed by atoms with Crippen LogP contribution in [0.4, 0.5) is 5.69 Å². The molecule has 2 aromatic rings. The number of amides is 1. The third kappa shape index (κ3) is 3.60. The summed E-state index contributed by atoms with van der Waals surface area (Å²) >= 11 is 5.96. The van der Waals surface area contributed by atoms with Gasteiger partial charge in [-0.1, -0.05) is 17.7 Å². The fourth-order valence-corrected chi connectivity index (χ4v) is 2.33. The zero-order valence-electron chi connectivity index (χ0n) is 13.4. The SMILES string of the molecule is COC(=O)c1cc(NC(=O)c2cccc(OC)c2OC)ccc1Cl. The first-order valence-corrected chi connectivity index (χ1v) is 7.29. The van der Waals surface area contributed by atoms with E-state index in [9.17, 15) is 9.59 Å². The third-order valence-electron chi connectivity index (χ3n) is 3.28. The smallest absolute Gasteiger partial charge is 0.339 e. The number of hydrogen-bond acceptors (Lipinski definition) is 5. The molecule has 0 bridgehead atoms. The van der Waals surface area contributed by atoms with E-state index >= 15 is 0 Å². The van der Waals surface area contributed by atoms with E-state index in [-0.39, 0.29) is 10.6 Å². The summed E-state index contributed by atoms with van der Waals surface area (Å²) in [5.74, 6) is -0.241. The van der Waals surface area contributed by atoms with E-state index in [1.54, 1.807) is 24.3 Å². The number of anilines is 1. The van der Waals surface area contributed by atoms with Crippen LogP contribution in [0.2, 0.25) is 5.02 Å². The van der Waals surface area contributed by atoms with Crippen molar-refractivity contribution in [2.45, 2.75) is 0 Å². The number of nitrogens with one attached hydrogen (secondary N) is 1. The Morgan fingerprint density at radius 3 is 2.38 bits per heavy atom. The maximum absolute atomic E-state index is 12.5. The van der Waals surface area contributed by atoms with E-state index in [1.807, 2.05) is 0 Å². The number of rotatable bonds is 5. The molecule has 0 saturated heterocycles. The molecular formula is C17H16ClNO5. The van der Waals surface area contributed by atoms with Crippen molar-refractivity contribution in [3.63, 3.8) is 0 Å². The minimum Gasteiger partial charge on any atom is -0.493 e. The van der Waals surface area contributed by atoms with E-state index in [4.69, 9.17) is 21.1 Å². The maximum Gasteiger partial charge on any atom is 0.339 e. The molecule has 2 aromatic carbocycles. The Hall–Kier alpha value is -2.73. The Kier molecular flexibility index (Phi) is 5.65. The van der Waals surface area contributed by atoms with Gasteiger partial charge in [0.15, 0.2) is 11.5 Å². The molecule has 0 spiro atoms. The highest BCUT2D eigenvalue weighted by Crippen LogP contribution is 2.31. The normalized spacial score (nSPS) is 10.0. The van der Waals surface area contributed by atoms with Crippen molar-refractivity contribution < 1.29 is 23.8 Å². The molecule has 126 valence electrons. The molecule has 0 heterocycles. The molecule has 1 N–H and O–H groups in total. The topological polar surface area (TPSA) is 73.9 Å². The Morgan fingerprint density at radius 1 is 1.00 bits per heavy atom. The lowest BCUT2D eigenvalue weighted by Crippen LogP contribution is -2.14. The van der Waals surface area contributed by atoms with Crippen LogP contribution in [0.25, 0.3) is 0 Å². The zero-order valence-corrected chi connectivity index (χ0v) is 14.1. The molecule has 6 nitrogen and oxygen atoms in total. The molecule has 0 aliphatic rings. The molecule has 0 radical (unpaired) electrons. The van der Waals surface area contributed by atoms with Crippen LogP contribution in [0.15, 0.2) is 36.4 Å². The van der Waals surface area contributed by atoms with Crippen LogP contribution in [-0.4, -0.2) is 33.2 Å². The molecule has 0 atom stereocenters. The zero-order chi connectivity index (χ0) is 17.7. The second-order valence-electron chi connectivity index (χ2n) is 4.68. The molecule has 0 aromatic heterocycles. The summed E-state index contributed by atoms with van der Waals surface area (Å²) in [5.41, 5.74) is 0.857. The van der Waals surface area contributed by atoms with Gasteiger partial charge in [0.05, 0.1) is 37.5 Å². The average molecular weight is 350 g/mol. The van der Waals surface area contributed by atoms with Crippen LogP contribution >= 0.6 is 11.6 Å². The van der Waals surface area contributed by atoms with Crippen molar-refractivity contribution in [1.29, 1.82) is 0 Å². The van der Waals surface area contributed by atoms with Crippen LogP contribution in [-0.2, 0) is 4.74 Å². The molecule has 0 fully saturated rings. The quantitative estimate of drug-likeness (QED) is 0.837. The Balaban J connectivity index is 2.32. The predicted octanol–water partition coefficient (Wildman–Crippen LogP) is 3.40. The van der Waals surface area contributed by atoms with Crippen molar-refractivity contribution in [3.05, 3.63) is 52.5 Å². The summed E-state index contributed by atoms with van der Waals surface area (Å²) < 4.78 is 15.1. The highest BCUT2D eigenvalue weighted by Gasteiger charge is 2.18. The lowest BCUT2D eigenvalue weighted by Gasteiger charge is -2.13. The van der Waals surface area contributed by atoms with Crippen molar-refractivity contribution in [1.82, 2.24) is 0 Å². The van der Waals surface area contributed by atoms with Crippen LogP contribution in [0, 0.1) is 0 Å². The average Bonchev–Trinajstić information content (AvgIpc) is 2.61. The number of ether oxygens (including phenoxy) is 3. The minimum atomic E-state index is -0.588. The predicted molar refractivity (Wildman–Crippen MR) is 90.3 cm³/mol. The number of esters is 1. The monoisotopic (exact) mass is 349 g/mol. The molecule has 7 heteroatoms. The van der Waals surface area contributed by atoms with Gasteiger partial charge in [-0.3, -0.25) is 4.79 Å². The molecule has 0 unspecified atom stereocenters. The summed E-state index contributed by atoms with van der Waals surface area (Å²) in [5, 5.41) is 2.92. The summed E-state index contributed by atoms with van der Waals surface area (Å²) in [6.07, 6.45) is 0. The fraction of sp³-hybridized carbons (Fsp3) is 0.176. The van der Waals surface area contributed by atoms with E-state index in [1.165, 1.54) is 33.5 Å². The van der Waals surface area contributed by atoms with Gasteiger partial charge in [0.1, 0.15) is 0 Å². The van der Waals surface area contributed by atoms with Gasteiger partial charge in [-0.2, -0.15) is 0 Å². The van der Waals surface area contributed by atoms with Crippen LogP contribution in [0.3, 0.4) is 0 Å². The third-order valence-corrected chi connectivity index (χ3v) is 3.61. The molecule has 0 aliphatic carbocycles. The van der Waals surface area contributed by atoms with Gasteiger partial charge in [0.2, 0.25) is 0 Å². The summed E-state index contributed by atoms with van der Waals surface area (Å²) in [6.45, 7) is 0. The van der Waals surface area contributed by atoms with Gasteiger partial charge in [-0.25, -0.2) is 4.79 Å². The lowest BCUT2D eigenvalue weighted by molar-refractivity contribution is 0.0600. The Morgan fingerprint density at radius 2 is 1.75 bits per heavy atom. The number of hydrogen-bond donors (Lipinski definition) is 1. The lowest BCUT2D eigenvalue weighted by atomic mass is 10.1. The number of halogens is 1. The van der Waals surface area contributed by atoms with E-state index < -0.39 is 11.9 Å². The Labute approximate surface area is 144 Å². The van der Waals surface area contributed by atoms with Gasteiger partial charge >= 0.3 is 5.97 Å². The van der Waals surface area contributed by atoms with Crippen molar-refractivity contribution in [3.8, 4) is 11.5 Å². The minimum absolute atomic E-state index is 0.162. The van der Waals surface area contributed by atoms with Gasteiger partial charge in [-0.05, 0) is 30.3 Å². The number of methoxy groups -OCH3 is 3. The largest absolute Gasteiger partial charge is 0.493 e. The van der Waals surface area contributed by atoms with Gasteiger partial charge < -0.3 is 19.5 Å². The molecule has 1 amide bonds. The molecular weight excluding hydrogens is 334 g/mol. The molecule has 2 rings (SSSR count). The maximum atomic E-state index is 12.5. The van der Waals surface area contributed by atoms with Gasteiger partial charge in [-0.15, -0.1) is 0 Å². The molecule has 0 saturated carbocycles. The molecule has 24 heavy (non-hydrogen) atoms. The fourth-order valence-electron chi connectivity index (χ4n) is 2.13. The Bertz CT molecular complexity index is 776. The van der Waals surface area contributed by atoms with Gasteiger partial charge in [0, 0.05) is 5.69 Å². The summed E-state index contributed by atoms with van der Waals surface area (Å²) in [4.78, 5) is 24.2. The first-order chi connectivity index (χ1) is 11.5. The first kappa shape index (κ1) is 17.6. The van der Waals surface area contributed by atoms with E-state index in [0.29, 0.717) is 22.7 Å². The summed E-state index contributed by atoms with van der Waals surface area (Å²) in [7, 11) is 4.19. The standard InChI is InChI=1S/C17H16ClNO5/c1-22-14-6-4-5-11(15(14)23-2)16(20)19-10-7-8-13(18)12(9-10)17(21)24-3/h4-9H,1-3H3,(H,19,20). The number of para-hydroxylation sites is 1. The highest BCUT2D eigenvalue weighted by molar-refractivity contribution is 6.33. The summed E-state index contributed by atoms with van der Waals surface area (Å²) in [6, 6.07) is 9.50.